The Labute approximate surface area is 175 Å². The van der Waals surface area contributed by atoms with Crippen molar-refractivity contribution in [3.8, 4) is 0 Å². The molecular formula is C23H25N3O2S. The molecule has 2 heterocycles. The Kier molecular flexibility index (Phi) is 6.02. The van der Waals surface area contributed by atoms with E-state index in [0.29, 0.717) is 13.1 Å². The molecule has 2 aromatic carbocycles. The second kappa shape index (κ2) is 8.84. The van der Waals surface area contributed by atoms with Crippen molar-refractivity contribution in [2.75, 3.05) is 31.1 Å². The molecule has 0 atom stereocenters. The molecule has 0 unspecified atom stereocenters. The molecule has 0 bridgehead atoms. The molecule has 0 spiro atoms. The van der Waals surface area contributed by atoms with Crippen molar-refractivity contribution in [2.45, 2.75) is 19.8 Å². The van der Waals surface area contributed by atoms with Crippen LogP contribution in [0.25, 0.3) is 10.2 Å². The predicted octanol–water partition coefficient (Wildman–Crippen LogP) is 4.24. The number of nitrogens with zero attached hydrogens (tertiary/aromatic N) is 3. The highest BCUT2D eigenvalue weighted by Crippen LogP contribution is 2.29. The van der Waals surface area contributed by atoms with Crippen LogP contribution >= 0.6 is 11.3 Å². The number of amides is 1. The van der Waals surface area contributed by atoms with Gasteiger partial charge in [0.15, 0.2) is 10.9 Å². The maximum atomic E-state index is 12.9. The van der Waals surface area contributed by atoms with Crippen molar-refractivity contribution in [3.63, 3.8) is 0 Å². The fraction of sp³-hybridized carbons (Fsp3) is 0.348. The summed E-state index contributed by atoms with van der Waals surface area (Å²) in [5.41, 5.74) is 1.72. The number of carbonyl (C=O) groups excluding carboxylic acids is 2. The minimum atomic E-state index is 0.0512. The Bertz CT molecular complexity index is 961. The van der Waals surface area contributed by atoms with Gasteiger partial charge in [0.05, 0.1) is 16.8 Å². The summed E-state index contributed by atoms with van der Waals surface area (Å²) in [4.78, 5) is 34.2. The molecule has 1 fully saturated rings. The lowest BCUT2D eigenvalue weighted by atomic mass is 9.89. The van der Waals surface area contributed by atoms with E-state index in [-0.39, 0.29) is 17.6 Å². The number of ketones is 1. The van der Waals surface area contributed by atoms with Crippen LogP contribution in [0.15, 0.2) is 54.6 Å². The largest absolute Gasteiger partial charge is 0.294 e. The fourth-order valence-electron chi connectivity index (χ4n) is 3.86. The number of benzene rings is 2. The number of thiazole rings is 1. The number of aromatic nitrogens is 1. The zero-order valence-electron chi connectivity index (χ0n) is 16.6. The molecule has 0 saturated carbocycles. The van der Waals surface area contributed by atoms with Gasteiger partial charge in [-0.05, 0) is 45.0 Å². The van der Waals surface area contributed by atoms with Gasteiger partial charge in [-0.25, -0.2) is 4.98 Å². The third-order valence-corrected chi connectivity index (χ3v) is 6.57. The van der Waals surface area contributed by atoms with E-state index in [1.54, 1.807) is 16.2 Å². The van der Waals surface area contributed by atoms with E-state index >= 15 is 0 Å². The van der Waals surface area contributed by atoms with Crippen molar-refractivity contribution >= 4 is 38.4 Å². The van der Waals surface area contributed by atoms with Crippen molar-refractivity contribution < 1.29 is 9.59 Å². The number of Topliss-reactive ketones (excluding diaryl/α,β-unsaturated/α-hetero) is 1. The molecule has 0 N–H and O–H groups in total. The van der Waals surface area contributed by atoms with Crippen molar-refractivity contribution in [1.82, 2.24) is 9.88 Å². The first-order chi connectivity index (χ1) is 14.2. The van der Waals surface area contributed by atoms with E-state index in [1.165, 1.54) is 0 Å². The molecule has 1 aromatic heterocycles. The van der Waals surface area contributed by atoms with Crippen LogP contribution < -0.4 is 4.90 Å². The Hall–Kier alpha value is -2.57. The minimum Gasteiger partial charge on any atom is -0.294 e. The molecule has 1 amide bonds. The smallest absolute Gasteiger partial charge is 0.242 e. The Balaban J connectivity index is 1.35. The highest BCUT2D eigenvalue weighted by atomic mass is 32.1. The molecule has 1 saturated heterocycles. The van der Waals surface area contributed by atoms with Crippen molar-refractivity contribution in [1.29, 1.82) is 0 Å². The minimum absolute atomic E-state index is 0.0512. The third-order valence-electron chi connectivity index (χ3n) is 5.51. The van der Waals surface area contributed by atoms with Crippen LogP contribution in [0.3, 0.4) is 0 Å². The van der Waals surface area contributed by atoms with Gasteiger partial charge in [0.1, 0.15) is 0 Å². The second-order valence-corrected chi connectivity index (χ2v) is 8.39. The molecule has 5 nitrogen and oxygen atoms in total. The normalized spacial score (nSPS) is 15.5. The quantitative estimate of drug-likeness (QED) is 0.574. The summed E-state index contributed by atoms with van der Waals surface area (Å²) in [6.45, 7) is 4.49. The van der Waals surface area contributed by atoms with Crippen molar-refractivity contribution in [2.24, 2.45) is 5.92 Å². The number of hydrogen-bond acceptors (Lipinski definition) is 5. The maximum Gasteiger partial charge on any atom is 0.242 e. The van der Waals surface area contributed by atoms with Crippen molar-refractivity contribution in [3.05, 3.63) is 60.2 Å². The number of carbonyl (C=O) groups is 2. The molecule has 3 aromatic rings. The number of rotatable bonds is 6. The van der Waals surface area contributed by atoms with Gasteiger partial charge in [-0.15, -0.1) is 0 Å². The SMILES string of the molecule is CCN(C(=O)CN1CCC(C(=O)c2ccccc2)CC1)c1nc2ccccc2s1. The van der Waals surface area contributed by atoms with Crippen LogP contribution in [0.4, 0.5) is 5.13 Å². The highest BCUT2D eigenvalue weighted by molar-refractivity contribution is 7.22. The zero-order chi connectivity index (χ0) is 20.2. The van der Waals surface area contributed by atoms with E-state index in [4.69, 9.17) is 0 Å². The standard InChI is InChI=1S/C23H25N3O2S/c1-2-26(23-24-19-10-6-7-11-20(19)29-23)21(27)16-25-14-12-18(13-15-25)22(28)17-8-4-3-5-9-17/h3-11,18H,2,12-16H2,1H3. The highest BCUT2D eigenvalue weighted by Gasteiger charge is 2.28. The van der Waals surface area contributed by atoms with E-state index < -0.39 is 0 Å². The van der Waals surface area contributed by atoms with Gasteiger partial charge in [-0.1, -0.05) is 53.8 Å². The van der Waals surface area contributed by atoms with Crippen LogP contribution in [0.1, 0.15) is 30.1 Å². The monoisotopic (exact) mass is 407 g/mol. The topological polar surface area (TPSA) is 53.5 Å². The Morgan fingerprint density at radius 1 is 1.07 bits per heavy atom. The summed E-state index contributed by atoms with van der Waals surface area (Å²) >= 11 is 1.55. The summed E-state index contributed by atoms with van der Waals surface area (Å²) in [6.07, 6.45) is 1.60. The first kappa shape index (κ1) is 19.7. The summed E-state index contributed by atoms with van der Waals surface area (Å²) in [7, 11) is 0. The number of hydrogen-bond donors (Lipinski definition) is 0. The molecule has 1 aliphatic heterocycles. The average Bonchev–Trinajstić information content (AvgIpc) is 3.18. The van der Waals surface area contributed by atoms with Crippen LogP contribution in [0.2, 0.25) is 0 Å². The fourth-order valence-corrected chi connectivity index (χ4v) is 4.91. The van der Waals surface area contributed by atoms with Gasteiger partial charge < -0.3 is 0 Å². The van der Waals surface area contributed by atoms with E-state index in [1.807, 2.05) is 61.5 Å². The van der Waals surface area contributed by atoms with Crippen LogP contribution in [-0.2, 0) is 4.79 Å². The number of anilines is 1. The predicted molar refractivity (Wildman–Crippen MR) is 118 cm³/mol. The first-order valence-corrected chi connectivity index (χ1v) is 10.9. The lowest BCUT2D eigenvalue weighted by molar-refractivity contribution is -0.120. The average molecular weight is 408 g/mol. The second-order valence-electron chi connectivity index (χ2n) is 7.38. The van der Waals surface area contributed by atoms with Crippen LogP contribution in [0.5, 0.6) is 0 Å². The van der Waals surface area contributed by atoms with Gasteiger partial charge in [0.2, 0.25) is 5.91 Å². The molecule has 0 aliphatic carbocycles. The van der Waals surface area contributed by atoms with Gasteiger partial charge in [0.25, 0.3) is 0 Å². The molecular weight excluding hydrogens is 382 g/mol. The van der Waals surface area contributed by atoms with Crippen LogP contribution in [0, 0.1) is 5.92 Å². The third kappa shape index (κ3) is 4.38. The van der Waals surface area contributed by atoms with E-state index in [9.17, 15) is 9.59 Å². The molecule has 0 radical (unpaired) electrons. The van der Waals surface area contributed by atoms with Gasteiger partial charge >= 0.3 is 0 Å². The number of fused-ring (bicyclic) bond motifs is 1. The summed E-state index contributed by atoms with van der Waals surface area (Å²) in [5, 5.41) is 0.757. The number of para-hydroxylation sites is 1. The number of likely N-dealkylation sites (N-methyl/N-ethyl adjacent to an activating group) is 1. The molecule has 4 rings (SSSR count). The zero-order valence-corrected chi connectivity index (χ0v) is 17.4. The summed E-state index contributed by atoms with van der Waals surface area (Å²) in [6, 6.07) is 17.5. The summed E-state index contributed by atoms with van der Waals surface area (Å²) in [5.74, 6) is 0.343. The van der Waals surface area contributed by atoms with Crippen LogP contribution in [-0.4, -0.2) is 47.8 Å². The number of likely N-dealkylation sites (tertiary alicyclic amines) is 1. The Morgan fingerprint density at radius 2 is 1.76 bits per heavy atom. The van der Waals surface area contributed by atoms with Gasteiger partial charge in [-0.2, -0.15) is 0 Å². The summed E-state index contributed by atoms with van der Waals surface area (Å²) < 4.78 is 1.09. The number of piperidine rings is 1. The lowest BCUT2D eigenvalue weighted by Crippen LogP contribution is -2.44. The molecule has 6 heteroatoms. The maximum absolute atomic E-state index is 12.9. The van der Waals surface area contributed by atoms with Gasteiger partial charge in [-0.3, -0.25) is 19.4 Å². The first-order valence-electron chi connectivity index (χ1n) is 10.1. The van der Waals surface area contributed by atoms with E-state index in [2.05, 4.69) is 9.88 Å². The van der Waals surface area contributed by atoms with Gasteiger partial charge in [0, 0.05) is 18.0 Å². The molecule has 1 aliphatic rings. The molecule has 29 heavy (non-hydrogen) atoms. The Morgan fingerprint density at radius 3 is 2.45 bits per heavy atom. The lowest BCUT2D eigenvalue weighted by Gasteiger charge is -2.32. The molecule has 150 valence electrons. The van der Waals surface area contributed by atoms with E-state index in [0.717, 1.165) is 46.8 Å².